The van der Waals surface area contributed by atoms with Crippen molar-refractivity contribution < 1.29 is 4.79 Å². The summed E-state index contributed by atoms with van der Waals surface area (Å²) >= 11 is 1.56. The second-order valence-corrected chi connectivity index (χ2v) is 3.38. The molecule has 0 aliphatic carbocycles. The normalized spacial score (nSPS) is 11.7. The lowest BCUT2D eigenvalue weighted by Gasteiger charge is -1.92. The van der Waals surface area contributed by atoms with Crippen LogP contribution >= 0.6 is 11.3 Å². The Labute approximate surface area is 76.0 Å². The number of nitrogens with zero attached hydrogens (tertiary/aromatic N) is 1. The topological polar surface area (TPSA) is 30.0 Å². The molecule has 2 nitrogen and oxygen atoms in total. The molecule has 0 amide bonds. The molecule has 0 aromatic carbocycles. The zero-order valence-electron chi connectivity index (χ0n) is 7.20. The monoisotopic (exact) mass is 181 g/mol. The van der Waals surface area contributed by atoms with E-state index in [0.29, 0.717) is 0 Å². The largest absolute Gasteiger partial charge is 0.298 e. The maximum Gasteiger partial charge on any atom is 0.146 e. The Kier molecular flexibility index (Phi) is 3.17. The molecule has 0 radical (unpaired) electrons. The molecule has 64 valence electrons. The third-order valence-corrected chi connectivity index (χ3v) is 2.54. The highest BCUT2D eigenvalue weighted by molar-refractivity contribution is 7.10. The summed E-state index contributed by atoms with van der Waals surface area (Å²) in [5.74, 6) is 0. The molecule has 0 fully saturated rings. The summed E-state index contributed by atoms with van der Waals surface area (Å²) in [5, 5.41) is 0. The highest BCUT2D eigenvalue weighted by Gasteiger charge is 1.98. The van der Waals surface area contributed by atoms with Crippen LogP contribution in [-0.4, -0.2) is 11.3 Å². The SMILES string of the molecule is CC/C(C=O)=C/c1scnc1C. The Morgan fingerprint density at radius 3 is 2.92 bits per heavy atom. The van der Waals surface area contributed by atoms with E-state index in [2.05, 4.69) is 4.98 Å². The number of hydrogen-bond acceptors (Lipinski definition) is 3. The van der Waals surface area contributed by atoms with Crippen LogP contribution in [0, 0.1) is 6.92 Å². The highest BCUT2D eigenvalue weighted by Crippen LogP contribution is 2.16. The molecule has 1 rings (SSSR count). The molecule has 3 heteroatoms. The molecule has 1 aromatic heterocycles. The van der Waals surface area contributed by atoms with Gasteiger partial charge in [0.2, 0.25) is 0 Å². The van der Waals surface area contributed by atoms with E-state index in [-0.39, 0.29) is 0 Å². The standard InChI is InChI=1S/C9H11NOS/c1-3-8(5-11)4-9-7(2)10-6-12-9/h4-6H,3H2,1-2H3/b8-4-. The van der Waals surface area contributed by atoms with Gasteiger partial charge in [0.25, 0.3) is 0 Å². The number of hydrogen-bond donors (Lipinski definition) is 0. The van der Waals surface area contributed by atoms with Gasteiger partial charge in [0.1, 0.15) is 6.29 Å². The number of thiazole rings is 1. The molecular weight excluding hydrogens is 170 g/mol. The molecule has 0 atom stereocenters. The van der Waals surface area contributed by atoms with Crippen LogP contribution in [-0.2, 0) is 4.79 Å². The van der Waals surface area contributed by atoms with E-state index in [9.17, 15) is 4.79 Å². The molecule has 0 N–H and O–H groups in total. The zero-order chi connectivity index (χ0) is 8.97. The van der Waals surface area contributed by atoms with Crippen molar-refractivity contribution in [1.29, 1.82) is 0 Å². The van der Waals surface area contributed by atoms with Crippen molar-refractivity contribution in [3.05, 3.63) is 21.7 Å². The first kappa shape index (κ1) is 9.13. The number of aryl methyl sites for hydroxylation is 1. The van der Waals surface area contributed by atoms with Crippen LogP contribution in [0.4, 0.5) is 0 Å². The predicted molar refractivity (Wildman–Crippen MR) is 51.2 cm³/mol. The molecule has 12 heavy (non-hydrogen) atoms. The van der Waals surface area contributed by atoms with E-state index >= 15 is 0 Å². The number of aromatic nitrogens is 1. The molecule has 0 unspecified atom stereocenters. The molecule has 0 spiro atoms. The predicted octanol–water partition coefficient (Wildman–Crippen LogP) is 2.44. The molecule has 0 bridgehead atoms. The Morgan fingerprint density at radius 2 is 2.50 bits per heavy atom. The summed E-state index contributed by atoms with van der Waals surface area (Å²) in [6.07, 6.45) is 3.58. The minimum absolute atomic E-state index is 0.779. The number of carbonyl (C=O) groups is 1. The Balaban J connectivity index is 2.92. The van der Waals surface area contributed by atoms with Crippen molar-refractivity contribution in [2.75, 3.05) is 0 Å². The van der Waals surface area contributed by atoms with Gasteiger partial charge in [-0.3, -0.25) is 4.79 Å². The van der Waals surface area contributed by atoms with Gasteiger partial charge in [-0.1, -0.05) is 6.92 Å². The summed E-state index contributed by atoms with van der Waals surface area (Å²) in [6.45, 7) is 3.91. The lowest BCUT2D eigenvalue weighted by molar-refractivity contribution is -0.104. The highest BCUT2D eigenvalue weighted by atomic mass is 32.1. The third kappa shape index (κ3) is 2.01. The fraction of sp³-hybridized carbons (Fsp3) is 0.333. The number of rotatable bonds is 3. The molecule has 1 aromatic rings. The average Bonchev–Trinajstić information content (AvgIpc) is 2.47. The smallest absolute Gasteiger partial charge is 0.146 e. The lowest BCUT2D eigenvalue weighted by Crippen LogP contribution is -1.81. The quantitative estimate of drug-likeness (QED) is 0.529. The first-order chi connectivity index (χ1) is 5.77. The van der Waals surface area contributed by atoms with Crippen LogP contribution in [0.3, 0.4) is 0 Å². The molecule has 0 saturated carbocycles. The van der Waals surface area contributed by atoms with Crippen molar-refractivity contribution >= 4 is 23.7 Å². The van der Waals surface area contributed by atoms with Gasteiger partial charge in [-0.2, -0.15) is 0 Å². The summed E-state index contributed by atoms with van der Waals surface area (Å²) in [7, 11) is 0. The molecule has 0 aliphatic rings. The van der Waals surface area contributed by atoms with Gasteiger partial charge in [-0.15, -0.1) is 11.3 Å². The molecule has 1 heterocycles. The van der Waals surface area contributed by atoms with Crippen LogP contribution in [0.15, 0.2) is 11.1 Å². The van der Waals surface area contributed by atoms with E-state index in [1.807, 2.05) is 19.9 Å². The number of allylic oxidation sites excluding steroid dienone is 1. The molecular formula is C9H11NOS. The second kappa shape index (κ2) is 4.16. The van der Waals surface area contributed by atoms with Gasteiger partial charge in [0.05, 0.1) is 16.1 Å². The minimum atomic E-state index is 0.779. The Morgan fingerprint density at radius 1 is 1.75 bits per heavy atom. The van der Waals surface area contributed by atoms with E-state index in [1.54, 1.807) is 16.8 Å². The van der Waals surface area contributed by atoms with Crippen LogP contribution in [0.25, 0.3) is 6.08 Å². The summed E-state index contributed by atoms with van der Waals surface area (Å²) in [5.41, 5.74) is 3.61. The Hall–Kier alpha value is -0.960. The average molecular weight is 181 g/mol. The van der Waals surface area contributed by atoms with E-state index in [1.165, 1.54) is 0 Å². The summed E-state index contributed by atoms with van der Waals surface area (Å²) in [6, 6.07) is 0. The van der Waals surface area contributed by atoms with Gasteiger partial charge in [-0.05, 0) is 25.0 Å². The van der Waals surface area contributed by atoms with Gasteiger partial charge in [0.15, 0.2) is 0 Å². The number of carbonyl (C=O) groups excluding carboxylic acids is 1. The summed E-state index contributed by atoms with van der Waals surface area (Å²) < 4.78 is 0. The molecule has 0 saturated heterocycles. The summed E-state index contributed by atoms with van der Waals surface area (Å²) in [4.78, 5) is 15.7. The number of aldehydes is 1. The van der Waals surface area contributed by atoms with E-state index in [0.717, 1.165) is 28.9 Å². The first-order valence-electron chi connectivity index (χ1n) is 3.83. The Bertz CT molecular complexity index is 301. The molecule has 0 aliphatic heterocycles. The first-order valence-corrected chi connectivity index (χ1v) is 4.71. The van der Waals surface area contributed by atoms with E-state index in [4.69, 9.17) is 0 Å². The lowest BCUT2D eigenvalue weighted by atomic mass is 10.2. The fourth-order valence-corrected chi connectivity index (χ4v) is 1.60. The third-order valence-electron chi connectivity index (χ3n) is 1.66. The fourth-order valence-electron chi connectivity index (χ4n) is 0.837. The van der Waals surface area contributed by atoms with Crippen molar-refractivity contribution in [2.24, 2.45) is 0 Å². The van der Waals surface area contributed by atoms with Gasteiger partial charge in [-0.25, -0.2) is 4.98 Å². The van der Waals surface area contributed by atoms with Crippen molar-refractivity contribution in [3.8, 4) is 0 Å². The second-order valence-electron chi connectivity index (χ2n) is 2.49. The zero-order valence-corrected chi connectivity index (χ0v) is 8.02. The van der Waals surface area contributed by atoms with Gasteiger partial charge < -0.3 is 0 Å². The van der Waals surface area contributed by atoms with Crippen LogP contribution in [0.1, 0.15) is 23.9 Å². The van der Waals surface area contributed by atoms with Crippen molar-refractivity contribution in [2.45, 2.75) is 20.3 Å². The maximum atomic E-state index is 10.5. The van der Waals surface area contributed by atoms with Gasteiger partial charge in [0, 0.05) is 0 Å². The van der Waals surface area contributed by atoms with Crippen molar-refractivity contribution in [3.63, 3.8) is 0 Å². The van der Waals surface area contributed by atoms with E-state index < -0.39 is 0 Å². The van der Waals surface area contributed by atoms with Crippen LogP contribution in [0.2, 0.25) is 0 Å². The van der Waals surface area contributed by atoms with Crippen molar-refractivity contribution in [1.82, 2.24) is 4.98 Å². The van der Waals surface area contributed by atoms with Gasteiger partial charge >= 0.3 is 0 Å². The van der Waals surface area contributed by atoms with Crippen LogP contribution < -0.4 is 0 Å². The maximum absolute atomic E-state index is 10.5. The van der Waals surface area contributed by atoms with Crippen LogP contribution in [0.5, 0.6) is 0 Å². The minimum Gasteiger partial charge on any atom is -0.298 e.